The number of anilines is 1. The molecule has 11 heteroatoms. The van der Waals surface area contributed by atoms with Gasteiger partial charge in [0.2, 0.25) is 0 Å². The molecule has 0 radical (unpaired) electrons. The smallest absolute Gasteiger partial charge is 0.345 e. The van der Waals surface area contributed by atoms with Gasteiger partial charge in [0.05, 0.1) is 23.6 Å². The highest BCUT2D eigenvalue weighted by Gasteiger charge is 2.48. The summed E-state index contributed by atoms with van der Waals surface area (Å²) in [6.45, 7) is -0.909. The highest BCUT2D eigenvalue weighted by Crippen LogP contribution is 2.33. The van der Waals surface area contributed by atoms with Gasteiger partial charge in [-0.3, -0.25) is 15.8 Å². The molecule has 0 aromatic carbocycles. The maximum atomic E-state index is 12.0. The van der Waals surface area contributed by atoms with Crippen molar-refractivity contribution in [3.05, 3.63) is 33.5 Å². The molecule has 1 aliphatic carbocycles. The van der Waals surface area contributed by atoms with Gasteiger partial charge in [0.1, 0.15) is 18.8 Å². The molecule has 1 unspecified atom stereocenters. The summed E-state index contributed by atoms with van der Waals surface area (Å²) >= 11 is 0. The molecule has 0 aliphatic heterocycles. The molecule has 1 aromatic rings. The molecule has 0 saturated heterocycles. The summed E-state index contributed by atoms with van der Waals surface area (Å²) in [6.07, 6.45) is 5.55. The molecule has 1 aliphatic rings. The van der Waals surface area contributed by atoms with Crippen molar-refractivity contribution in [3.63, 3.8) is 0 Å². The number of nitrogens with zero attached hydrogens (tertiary/aromatic N) is 3. The van der Waals surface area contributed by atoms with Crippen LogP contribution in [0.2, 0.25) is 0 Å². The second-order valence-corrected chi connectivity index (χ2v) is 6.07. The Morgan fingerprint density at radius 1 is 1.41 bits per heavy atom. The Balaban J connectivity index is 2.20. The molecule has 0 saturated carbocycles. The van der Waals surface area contributed by atoms with E-state index in [1.807, 2.05) is 0 Å². The summed E-state index contributed by atoms with van der Waals surface area (Å²) in [6, 6.07) is 0. The number of nitrogens with one attached hydrogen (secondary N) is 1. The number of halogens is 2. The van der Waals surface area contributed by atoms with Gasteiger partial charge in [-0.1, -0.05) is 19.8 Å². The number of fused-ring (bicyclic) bond motifs is 1. The van der Waals surface area contributed by atoms with E-state index in [9.17, 15) is 18.9 Å². The highest BCUT2D eigenvalue weighted by atomic mass is 19.3. The Labute approximate surface area is 155 Å². The van der Waals surface area contributed by atoms with E-state index in [-0.39, 0.29) is 18.8 Å². The predicted molar refractivity (Wildman–Crippen MR) is 93.5 cm³/mol. The molecule has 0 amide bonds. The van der Waals surface area contributed by atoms with Crippen molar-refractivity contribution in [1.82, 2.24) is 9.97 Å². The van der Waals surface area contributed by atoms with Gasteiger partial charge in [-0.05, 0) is 6.42 Å². The molecule has 0 fully saturated rings. The number of alkyl halides is 2. The summed E-state index contributed by atoms with van der Waals surface area (Å²) in [5.74, 6) is 0.331. The number of rotatable bonds is 11. The van der Waals surface area contributed by atoms with E-state index in [1.165, 1.54) is 12.4 Å². The van der Waals surface area contributed by atoms with Crippen molar-refractivity contribution < 1.29 is 23.2 Å². The zero-order valence-electron chi connectivity index (χ0n) is 15.0. The van der Waals surface area contributed by atoms with Crippen molar-refractivity contribution in [2.24, 2.45) is 5.73 Å². The van der Waals surface area contributed by atoms with Crippen molar-refractivity contribution in [3.8, 4) is 0 Å². The lowest BCUT2D eigenvalue weighted by atomic mass is 9.91. The molecular weight excluding hydrogens is 364 g/mol. The van der Waals surface area contributed by atoms with Crippen LogP contribution < -0.4 is 11.1 Å². The number of ether oxygens (including phenoxy) is 2. The molecule has 1 heterocycles. The minimum Gasteiger partial charge on any atom is -0.487 e. The predicted octanol–water partition coefficient (Wildman–Crippen LogP) is 2.16. The number of nitrogens with two attached hydrogens (primary N) is 1. The quantitative estimate of drug-likeness (QED) is 0.256. The summed E-state index contributed by atoms with van der Waals surface area (Å²) in [4.78, 5) is 19.2. The maximum Gasteiger partial charge on any atom is 0.345 e. The summed E-state index contributed by atoms with van der Waals surface area (Å²) in [5.41, 5.74) is 4.90. The summed E-state index contributed by atoms with van der Waals surface area (Å²) in [7, 11) is 0. The fourth-order valence-electron chi connectivity index (χ4n) is 2.67. The third-order valence-corrected chi connectivity index (χ3v) is 4.10. The van der Waals surface area contributed by atoms with Gasteiger partial charge >= 0.3 is 12.3 Å². The van der Waals surface area contributed by atoms with E-state index < -0.39 is 23.8 Å². The van der Waals surface area contributed by atoms with Crippen LogP contribution in [0.15, 0.2) is 12.1 Å². The van der Waals surface area contributed by atoms with Crippen molar-refractivity contribution in [2.45, 2.75) is 44.9 Å². The lowest BCUT2D eigenvalue weighted by Gasteiger charge is -2.28. The van der Waals surface area contributed by atoms with Crippen molar-refractivity contribution in [1.29, 1.82) is 0 Å². The van der Waals surface area contributed by atoms with Crippen LogP contribution in [0.4, 0.5) is 14.6 Å². The van der Waals surface area contributed by atoms with Crippen LogP contribution in [-0.4, -0.2) is 46.9 Å². The molecule has 3 N–H and O–H groups in total. The molecule has 1 aromatic heterocycles. The monoisotopic (exact) mass is 387 g/mol. The number of aromatic nitrogens is 2. The Bertz CT molecular complexity index is 689. The number of hydrogen-bond acceptors (Lipinski definition) is 8. The Kier molecular flexibility index (Phi) is 7.36. The van der Waals surface area contributed by atoms with E-state index in [0.717, 1.165) is 19.3 Å². The van der Waals surface area contributed by atoms with Crippen LogP contribution in [-0.2, 0) is 15.9 Å². The van der Waals surface area contributed by atoms with Gasteiger partial charge in [-0.2, -0.15) is 8.78 Å². The van der Waals surface area contributed by atoms with E-state index >= 15 is 0 Å². The summed E-state index contributed by atoms with van der Waals surface area (Å²) < 4.78 is 33.4. The summed E-state index contributed by atoms with van der Waals surface area (Å²) in [5, 5.41) is 14.8. The molecule has 1 atom stereocenters. The molecule has 0 bridgehead atoms. The SMILES string of the molecule is CCCCCNc1ncnc2c1CC(N)([N+](=O)[O-])C(OCCOC(F)F)=C2. The fraction of sp³-hybridized carbons (Fsp3) is 0.625. The molecule has 2 rings (SSSR count). The first-order valence-electron chi connectivity index (χ1n) is 8.64. The number of unbranched alkanes of at least 4 members (excludes halogenated alkanes) is 2. The third-order valence-electron chi connectivity index (χ3n) is 4.10. The molecule has 9 nitrogen and oxygen atoms in total. The average Bonchev–Trinajstić information content (AvgIpc) is 2.62. The second-order valence-electron chi connectivity index (χ2n) is 6.07. The second kappa shape index (κ2) is 9.51. The molecular formula is C16H23F2N5O4. The minimum atomic E-state index is -2.94. The van der Waals surface area contributed by atoms with Gasteiger partial charge in [-0.15, -0.1) is 0 Å². The third kappa shape index (κ3) is 5.30. The Morgan fingerprint density at radius 2 is 2.19 bits per heavy atom. The average molecular weight is 387 g/mol. The maximum absolute atomic E-state index is 12.0. The standard InChI is InChI=1S/C16H23F2N5O4/c1-2-3-4-5-20-14-11-9-16(19,23(24)25)13(8-12(11)21-10-22-14)26-6-7-27-15(17)18/h8,10,15H,2-7,9,19H2,1H3,(H,20,21,22). The van der Waals surface area contributed by atoms with Crippen LogP contribution in [0.25, 0.3) is 6.08 Å². The van der Waals surface area contributed by atoms with Gasteiger partial charge in [-0.25, -0.2) is 9.97 Å². The largest absolute Gasteiger partial charge is 0.487 e. The first-order chi connectivity index (χ1) is 12.9. The fourth-order valence-corrected chi connectivity index (χ4v) is 2.67. The number of nitro groups is 1. The molecule has 150 valence electrons. The van der Waals surface area contributed by atoms with E-state index in [4.69, 9.17) is 10.5 Å². The highest BCUT2D eigenvalue weighted by molar-refractivity contribution is 5.63. The zero-order valence-corrected chi connectivity index (χ0v) is 15.0. The van der Waals surface area contributed by atoms with E-state index in [2.05, 4.69) is 26.9 Å². The van der Waals surface area contributed by atoms with Gasteiger partial charge in [0.15, 0.2) is 5.76 Å². The van der Waals surface area contributed by atoms with Crippen LogP contribution in [0.5, 0.6) is 0 Å². The van der Waals surface area contributed by atoms with E-state index in [1.54, 1.807) is 0 Å². The molecule has 27 heavy (non-hydrogen) atoms. The van der Waals surface area contributed by atoms with Crippen LogP contribution in [0.3, 0.4) is 0 Å². The number of hydrogen-bond donors (Lipinski definition) is 2. The lowest BCUT2D eigenvalue weighted by Crippen LogP contribution is -2.53. The van der Waals surface area contributed by atoms with Gasteiger partial charge in [0.25, 0.3) is 0 Å². The Morgan fingerprint density at radius 3 is 2.85 bits per heavy atom. The topological polar surface area (TPSA) is 125 Å². The zero-order chi connectivity index (χ0) is 19.9. The minimum absolute atomic E-state index is 0.159. The first-order valence-corrected chi connectivity index (χ1v) is 8.64. The van der Waals surface area contributed by atoms with Gasteiger partial charge < -0.3 is 14.8 Å². The van der Waals surface area contributed by atoms with Crippen LogP contribution in [0.1, 0.15) is 37.4 Å². The van der Waals surface area contributed by atoms with Gasteiger partial charge in [0, 0.05) is 18.2 Å². The lowest BCUT2D eigenvalue weighted by molar-refractivity contribution is -0.562. The van der Waals surface area contributed by atoms with Crippen LogP contribution in [0, 0.1) is 10.1 Å². The Hall–Kier alpha value is -2.40. The first kappa shape index (κ1) is 20.9. The normalized spacial score (nSPS) is 18.8. The van der Waals surface area contributed by atoms with Crippen molar-refractivity contribution in [2.75, 3.05) is 25.1 Å². The van der Waals surface area contributed by atoms with Crippen LogP contribution >= 0.6 is 0 Å². The molecule has 0 spiro atoms. The van der Waals surface area contributed by atoms with Crippen molar-refractivity contribution >= 4 is 11.9 Å². The van der Waals surface area contributed by atoms with E-state index in [0.29, 0.717) is 23.6 Å².